The molecule has 1 heterocycles. The fourth-order valence-corrected chi connectivity index (χ4v) is 4.06. The lowest BCUT2D eigenvalue weighted by Gasteiger charge is -2.09. The van der Waals surface area contributed by atoms with Crippen LogP contribution in [0.4, 0.5) is 5.69 Å². The number of nitrogens with one attached hydrogen (secondary N) is 2. The van der Waals surface area contributed by atoms with Gasteiger partial charge >= 0.3 is 0 Å². The fourth-order valence-electron chi connectivity index (χ4n) is 3.50. The van der Waals surface area contributed by atoms with Crippen LogP contribution >= 0.6 is 0 Å². The first-order valence-electron chi connectivity index (χ1n) is 9.68. The van der Waals surface area contributed by atoms with E-state index < -0.39 is 10.0 Å². The summed E-state index contributed by atoms with van der Waals surface area (Å²) < 4.78 is 23.4. The van der Waals surface area contributed by atoms with Crippen LogP contribution in [0.15, 0.2) is 65.6 Å². The van der Waals surface area contributed by atoms with Gasteiger partial charge in [-0.2, -0.15) is 5.10 Å². The molecular formula is C23H22N4O3S. The fraction of sp³-hybridized carbons (Fsp3) is 0.130. The Morgan fingerprint density at radius 2 is 1.87 bits per heavy atom. The van der Waals surface area contributed by atoms with Gasteiger partial charge in [-0.25, -0.2) is 13.6 Å². The largest absolute Gasteiger partial charge is 0.326 e. The van der Waals surface area contributed by atoms with Crippen LogP contribution in [0.5, 0.6) is 0 Å². The quantitative estimate of drug-likeness (QED) is 0.444. The number of carbonyl (C=O) groups is 1. The first-order chi connectivity index (χ1) is 14.7. The molecule has 0 saturated heterocycles. The summed E-state index contributed by atoms with van der Waals surface area (Å²) in [4.78, 5) is 12.6. The topological polar surface area (TPSA) is 118 Å². The number of benzene rings is 3. The molecule has 0 aliphatic carbocycles. The van der Waals surface area contributed by atoms with E-state index in [9.17, 15) is 13.2 Å². The number of amides is 1. The molecule has 0 aliphatic heterocycles. The smallest absolute Gasteiger partial charge is 0.238 e. The van der Waals surface area contributed by atoms with Crippen molar-refractivity contribution in [2.75, 3.05) is 5.32 Å². The van der Waals surface area contributed by atoms with E-state index >= 15 is 0 Å². The van der Waals surface area contributed by atoms with E-state index in [4.69, 9.17) is 5.14 Å². The number of aromatic nitrogens is 2. The highest BCUT2D eigenvalue weighted by Gasteiger charge is 2.14. The number of carbonyl (C=O) groups excluding carboxylic acids is 1. The van der Waals surface area contributed by atoms with Gasteiger partial charge in [0.1, 0.15) is 5.69 Å². The average Bonchev–Trinajstić information content (AvgIpc) is 3.13. The molecule has 4 N–H and O–H groups in total. The lowest BCUT2D eigenvalue weighted by molar-refractivity contribution is -0.115. The number of hydrogen-bond donors (Lipinski definition) is 3. The third-order valence-electron chi connectivity index (χ3n) is 5.14. The van der Waals surface area contributed by atoms with E-state index in [2.05, 4.69) is 15.5 Å². The van der Waals surface area contributed by atoms with Crippen molar-refractivity contribution in [1.82, 2.24) is 10.2 Å². The van der Waals surface area contributed by atoms with Gasteiger partial charge in [0.25, 0.3) is 0 Å². The number of nitrogens with zero attached hydrogens (tertiary/aromatic N) is 1. The van der Waals surface area contributed by atoms with Gasteiger partial charge in [0.15, 0.2) is 0 Å². The minimum absolute atomic E-state index is 0.0131. The van der Waals surface area contributed by atoms with Gasteiger partial charge < -0.3 is 5.32 Å². The van der Waals surface area contributed by atoms with E-state index in [1.54, 1.807) is 18.2 Å². The number of anilines is 1. The van der Waals surface area contributed by atoms with Crippen molar-refractivity contribution < 1.29 is 13.2 Å². The molecule has 1 aromatic heterocycles. The van der Waals surface area contributed by atoms with Crippen molar-refractivity contribution in [2.24, 2.45) is 5.14 Å². The van der Waals surface area contributed by atoms with Gasteiger partial charge in [0, 0.05) is 16.6 Å². The summed E-state index contributed by atoms with van der Waals surface area (Å²) in [5, 5.41) is 16.2. The van der Waals surface area contributed by atoms with E-state index in [0.29, 0.717) is 16.9 Å². The molecule has 0 unspecified atom stereocenters. The molecule has 0 aliphatic rings. The lowest BCUT2D eigenvalue weighted by Crippen LogP contribution is -2.15. The summed E-state index contributed by atoms with van der Waals surface area (Å²) in [5.41, 5.74) is 5.75. The Kier molecular flexibility index (Phi) is 5.34. The van der Waals surface area contributed by atoms with Gasteiger partial charge in [0.2, 0.25) is 15.9 Å². The zero-order valence-corrected chi connectivity index (χ0v) is 18.0. The zero-order chi connectivity index (χ0) is 22.2. The normalized spacial score (nSPS) is 11.6. The van der Waals surface area contributed by atoms with Crippen LogP contribution in [0.1, 0.15) is 16.7 Å². The van der Waals surface area contributed by atoms with Gasteiger partial charge in [0.05, 0.1) is 16.8 Å². The Morgan fingerprint density at radius 1 is 1.06 bits per heavy atom. The number of fused-ring (bicyclic) bond motifs is 1. The average molecular weight is 435 g/mol. The van der Waals surface area contributed by atoms with Crippen LogP contribution in [-0.2, 0) is 21.2 Å². The van der Waals surface area contributed by atoms with Crippen LogP contribution in [0.3, 0.4) is 0 Å². The predicted molar refractivity (Wildman–Crippen MR) is 121 cm³/mol. The summed E-state index contributed by atoms with van der Waals surface area (Å²) in [5.74, 6) is -0.116. The number of nitrogens with two attached hydrogens (primary N) is 1. The Morgan fingerprint density at radius 3 is 2.65 bits per heavy atom. The van der Waals surface area contributed by atoms with Crippen molar-refractivity contribution in [1.29, 1.82) is 0 Å². The molecule has 3 aromatic carbocycles. The second-order valence-corrected chi connectivity index (χ2v) is 9.12. The van der Waals surface area contributed by atoms with Crippen LogP contribution in [-0.4, -0.2) is 24.5 Å². The second-order valence-electron chi connectivity index (χ2n) is 7.56. The molecule has 0 bridgehead atoms. The molecule has 0 atom stereocenters. The van der Waals surface area contributed by atoms with E-state index in [1.807, 2.05) is 44.2 Å². The van der Waals surface area contributed by atoms with Crippen LogP contribution in [0, 0.1) is 13.8 Å². The van der Waals surface area contributed by atoms with Crippen molar-refractivity contribution in [2.45, 2.75) is 25.2 Å². The number of aromatic amines is 1. The minimum Gasteiger partial charge on any atom is -0.326 e. The first-order valence-corrected chi connectivity index (χ1v) is 11.2. The highest BCUT2D eigenvalue weighted by atomic mass is 32.2. The Hall–Kier alpha value is -3.49. The summed E-state index contributed by atoms with van der Waals surface area (Å²) in [6.07, 6.45) is 0.278. The maximum absolute atomic E-state index is 12.6. The van der Waals surface area contributed by atoms with Crippen molar-refractivity contribution in [3.05, 3.63) is 77.4 Å². The number of hydrogen-bond acceptors (Lipinski definition) is 4. The Labute approximate surface area is 180 Å². The van der Waals surface area contributed by atoms with Crippen LogP contribution in [0.2, 0.25) is 0 Å². The van der Waals surface area contributed by atoms with Crippen molar-refractivity contribution in [3.63, 3.8) is 0 Å². The molecule has 0 fully saturated rings. The first kappa shape index (κ1) is 20.8. The molecular weight excluding hydrogens is 412 g/mol. The standard InChI is InChI=1S/C23H22N4O3S/c1-14-6-7-15(2)17(10-14)12-22(28)25-18-8-9-21-20(13-18)23(27-26-21)16-4-3-5-19(11-16)31(24,29)30/h3-11,13H,12H2,1-2H3,(H,25,28)(H,26,27)(H2,24,29,30). The molecule has 158 valence electrons. The lowest BCUT2D eigenvalue weighted by atomic mass is 10.0. The van der Waals surface area contributed by atoms with Gasteiger partial charge in [-0.15, -0.1) is 0 Å². The highest BCUT2D eigenvalue weighted by Crippen LogP contribution is 2.29. The SMILES string of the molecule is Cc1ccc(C)c(CC(=O)Nc2ccc3[nH]nc(-c4cccc(S(N)(=O)=O)c4)c3c2)c1. The zero-order valence-electron chi connectivity index (χ0n) is 17.1. The molecule has 0 radical (unpaired) electrons. The van der Waals surface area contributed by atoms with E-state index in [-0.39, 0.29) is 17.2 Å². The Bertz CT molecular complexity index is 1410. The third-order valence-corrected chi connectivity index (χ3v) is 6.05. The number of H-pyrrole nitrogens is 1. The number of primary sulfonamides is 1. The molecule has 31 heavy (non-hydrogen) atoms. The van der Waals surface area contributed by atoms with E-state index in [1.165, 1.54) is 12.1 Å². The molecule has 0 saturated carbocycles. The molecule has 0 spiro atoms. The second kappa shape index (κ2) is 7.98. The van der Waals surface area contributed by atoms with Crippen molar-refractivity contribution in [3.8, 4) is 11.3 Å². The molecule has 4 rings (SSSR count). The molecule has 1 amide bonds. The number of rotatable bonds is 5. The van der Waals surface area contributed by atoms with Crippen molar-refractivity contribution >= 4 is 32.5 Å². The monoisotopic (exact) mass is 434 g/mol. The summed E-state index contributed by atoms with van der Waals surface area (Å²) in [6, 6.07) is 17.8. The Balaban J connectivity index is 1.63. The summed E-state index contributed by atoms with van der Waals surface area (Å²) in [6.45, 7) is 3.99. The van der Waals surface area contributed by atoms with Gasteiger partial charge in [-0.1, -0.05) is 35.9 Å². The number of sulfonamides is 1. The third kappa shape index (κ3) is 4.50. The number of aryl methyl sites for hydroxylation is 2. The molecule has 4 aromatic rings. The minimum atomic E-state index is -3.83. The predicted octanol–water partition coefficient (Wildman–Crippen LogP) is 3.68. The maximum Gasteiger partial charge on any atom is 0.238 e. The maximum atomic E-state index is 12.6. The summed E-state index contributed by atoms with van der Waals surface area (Å²) in [7, 11) is -3.83. The summed E-state index contributed by atoms with van der Waals surface area (Å²) >= 11 is 0. The van der Waals surface area contributed by atoms with Crippen LogP contribution < -0.4 is 10.5 Å². The van der Waals surface area contributed by atoms with Crippen LogP contribution in [0.25, 0.3) is 22.2 Å². The molecule has 8 heteroatoms. The van der Waals surface area contributed by atoms with E-state index in [0.717, 1.165) is 27.6 Å². The highest BCUT2D eigenvalue weighted by molar-refractivity contribution is 7.89. The van der Waals surface area contributed by atoms with Gasteiger partial charge in [-0.05, 0) is 55.3 Å². The van der Waals surface area contributed by atoms with Gasteiger partial charge in [-0.3, -0.25) is 9.89 Å². The molecule has 7 nitrogen and oxygen atoms in total.